The van der Waals surface area contributed by atoms with E-state index in [1.54, 1.807) is 0 Å². The predicted octanol–water partition coefficient (Wildman–Crippen LogP) is -2.49. The van der Waals surface area contributed by atoms with Crippen molar-refractivity contribution in [2.45, 2.75) is 68.3 Å². The molecule has 2 fully saturated rings. The molecule has 2 aliphatic heterocycles. The number of hydrogen-bond acceptors (Lipinski definition) is 13. The van der Waals surface area contributed by atoms with Crippen molar-refractivity contribution in [2.75, 3.05) is 20.8 Å². The summed E-state index contributed by atoms with van der Waals surface area (Å²) < 4.78 is 32.4. The molecule has 0 bridgehead atoms. The monoisotopic (exact) mass is 490 g/mol. The maximum atomic E-state index is 11.8. The molecule has 10 atom stereocenters. The lowest BCUT2D eigenvalue weighted by molar-refractivity contribution is -0.354. The molecule has 2 heterocycles. The van der Waals surface area contributed by atoms with E-state index in [2.05, 4.69) is 4.74 Å². The highest BCUT2D eigenvalue weighted by Gasteiger charge is 2.51. The first-order valence-electron chi connectivity index (χ1n) is 10.5. The average molecular weight is 490 g/mol. The minimum atomic E-state index is -1.69. The van der Waals surface area contributed by atoms with E-state index in [4.69, 9.17) is 23.7 Å². The van der Waals surface area contributed by atoms with E-state index < -0.39 is 74.0 Å². The minimum Gasteiger partial charge on any atom is -0.493 e. The average Bonchev–Trinajstić information content (AvgIpc) is 2.84. The molecule has 3 rings (SSSR count). The fourth-order valence-corrected chi connectivity index (χ4v) is 3.71. The summed E-state index contributed by atoms with van der Waals surface area (Å²) in [6.07, 6.45) is -14.6. The SMILES string of the molecule is COC(=O)c1ccc(OC2OC(CO)C(O)C(O)C2OC2OC(C)C(O)C(O)C2O)c(OC)c1. The summed E-state index contributed by atoms with van der Waals surface area (Å²) in [5, 5.41) is 60.8. The normalized spacial score (nSPS) is 38.3. The van der Waals surface area contributed by atoms with Crippen LogP contribution in [0.1, 0.15) is 17.3 Å². The summed E-state index contributed by atoms with van der Waals surface area (Å²) in [5.74, 6) is -0.451. The fourth-order valence-electron chi connectivity index (χ4n) is 3.71. The van der Waals surface area contributed by atoms with E-state index in [0.29, 0.717) is 0 Å². The Labute approximate surface area is 195 Å². The minimum absolute atomic E-state index is 0.0583. The van der Waals surface area contributed by atoms with Crippen LogP contribution in [-0.4, -0.2) is 119 Å². The second-order valence-electron chi connectivity index (χ2n) is 7.96. The van der Waals surface area contributed by atoms with E-state index in [-0.39, 0.29) is 17.1 Å². The van der Waals surface area contributed by atoms with Gasteiger partial charge in [0, 0.05) is 0 Å². The van der Waals surface area contributed by atoms with Crippen molar-refractivity contribution < 1.29 is 63.9 Å². The standard InChI is InChI=1S/C21H30O13/c1-8-13(23)15(25)17(27)20(31-8)34-18-16(26)14(24)12(7-22)33-21(18)32-10-5-4-9(19(28)30-3)6-11(10)29-2/h4-6,8,12-18,20-27H,7H2,1-3H3. The van der Waals surface area contributed by atoms with Gasteiger partial charge < -0.3 is 59.1 Å². The number of carbonyl (C=O) groups excluding carboxylic acids is 1. The smallest absolute Gasteiger partial charge is 0.337 e. The number of benzene rings is 1. The summed E-state index contributed by atoms with van der Waals surface area (Å²) in [5.41, 5.74) is 0.174. The first-order chi connectivity index (χ1) is 16.1. The first-order valence-corrected chi connectivity index (χ1v) is 10.5. The molecule has 0 radical (unpaired) electrons. The zero-order chi connectivity index (χ0) is 25.2. The lowest BCUT2D eigenvalue weighted by atomic mass is 9.97. The number of aliphatic hydroxyl groups is 6. The van der Waals surface area contributed by atoms with Gasteiger partial charge in [-0.2, -0.15) is 0 Å². The van der Waals surface area contributed by atoms with E-state index in [9.17, 15) is 35.4 Å². The van der Waals surface area contributed by atoms with Crippen molar-refractivity contribution in [1.82, 2.24) is 0 Å². The quantitative estimate of drug-likeness (QED) is 0.220. The molecule has 1 aromatic carbocycles. The molecule has 0 saturated carbocycles. The van der Waals surface area contributed by atoms with Crippen LogP contribution < -0.4 is 9.47 Å². The molecule has 6 N–H and O–H groups in total. The molecule has 0 spiro atoms. The molecule has 1 aromatic rings. The van der Waals surface area contributed by atoms with Gasteiger partial charge >= 0.3 is 5.97 Å². The number of carbonyl (C=O) groups is 1. The molecule has 0 amide bonds. The zero-order valence-electron chi connectivity index (χ0n) is 18.8. The molecular formula is C21H30O13. The molecule has 0 aromatic heterocycles. The maximum Gasteiger partial charge on any atom is 0.337 e. The van der Waals surface area contributed by atoms with Gasteiger partial charge in [-0.15, -0.1) is 0 Å². The van der Waals surface area contributed by atoms with Gasteiger partial charge in [-0.25, -0.2) is 4.79 Å². The summed E-state index contributed by atoms with van der Waals surface area (Å²) in [7, 11) is 2.55. The summed E-state index contributed by atoms with van der Waals surface area (Å²) >= 11 is 0. The molecular weight excluding hydrogens is 460 g/mol. The molecule has 0 aliphatic carbocycles. The van der Waals surface area contributed by atoms with Crippen molar-refractivity contribution in [2.24, 2.45) is 0 Å². The first kappa shape index (κ1) is 26.5. The Morgan fingerprint density at radius 3 is 2.24 bits per heavy atom. The Morgan fingerprint density at radius 1 is 0.912 bits per heavy atom. The van der Waals surface area contributed by atoms with Crippen LogP contribution in [0.15, 0.2) is 18.2 Å². The van der Waals surface area contributed by atoms with Crippen molar-refractivity contribution in [3.63, 3.8) is 0 Å². The van der Waals surface area contributed by atoms with Gasteiger partial charge in [0.05, 0.1) is 32.5 Å². The van der Waals surface area contributed by atoms with E-state index in [1.165, 1.54) is 39.3 Å². The van der Waals surface area contributed by atoms with E-state index >= 15 is 0 Å². The topological polar surface area (TPSA) is 194 Å². The van der Waals surface area contributed by atoms with Gasteiger partial charge in [-0.05, 0) is 25.1 Å². The van der Waals surface area contributed by atoms with Crippen LogP contribution in [0.2, 0.25) is 0 Å². The lowest BCUT2D eigenvalue weighted by Gasteiger charge is -2.45. The summed E-state index contributed by atoms with van der Waals surface area (Å²) in [6.45, 7) is 0.788. The third-order valence-electron chi connectivity index (χ3n) is 5.75. The Balaban J connectivity index is 1.87. The van der Waals surface area contributed by atoms with E-state index in [0.717, 1.165) is 0 Å². The van der Waals surface area contributed by atoms with Crippen LogP contribution >= 0.6 is 0 Å². The Kier molecular flexibility index (Phi) is 8.67. The highest BCUT2D eigenvalue weighted by molar-refractivity contribution is 5.90. The molecule has 13 nitrogen and oxygen atoms in total. The zero-order valence-corrected chi connectivity index (χ0v) is 18.8. The summed E-state index contributed by atoms with van der Waals surface area (Å²) in [6, 6.07) is 4.12. The maximum absolute atomic E-state index is 11.8. The second kappa shape index (κ2) is 11.1. The molecule has 192 valence electrons. The number of rotatable bonds is 7. The number of hydrogen-bond donors (Lipinski definition) is 6. The van der Waals surface area contributed by atoms with Gasteiger partial charge in [0.15, 0.2) is 23.9 Å². The fraction of sp³-hybridized carbons (Fsp3) is 0.667. The largest absolute Gasteiger partial charge is 0.493 e. The third kappa shape index (κ3) is 5.27. The molecule has 34 heavy (non-hydrogen) atoms. The van der Waals surface area contributed by atoms with Crippen molar-refractivity contribution in [1.29, 1.82) is 0 Å². The number of esters is 1. The van der Waals surface area contributed by atoms with Gasteiger partial charge in [0.25, 0.3) is 0 Å². The van der Waals surface area contributed by atoms with Crippen molar-refractivity contribution in [3.05, 3.63) is 23.8 Å². The van der Waals surface area contributed by atoms with Crippen molar-refractivity contribution in [3.8, 4) is 11.5 Å². The highest BCUT2D eigenvalue weighted by atomic mass is 16.8. The van der Waals surface area contributed by atoms with Crippen LogP contribution in [0.4, 0.5) is 0 Å². The van der Waals surface area contributed by atoms with Crippen LogP contribution in [0.5, 0.6) is 11.5 Å². The van der Waals surface area contributed by atoms with Crippen LogP contribution in [0, 0.1) is 0 Å². The predicted molar refractivity (Wildman–Crippen MR) is 110 cm³/mol. The Morgan fingerprint density at radius 2 is 1.62 bits per heavy atom. The highest BCUT2D eigenvalue weighted by Crippen LogP contribution is 2.34. The molecule has 2 aliphatic rings. The Hall–Kier alpha value is -2.07. The lowest BCUT2D eigenvalue weighted by Crippen LogP contribution is -2.64. The second-order valence-corrected chi connectivity index (χ2v) is 7.96. The third-order valence-corrected chi connectivity index (χ3v) is 5.75. The van der Waals surface area contributed by atoms with Crippen LogP contribution in [0.3, 0.4) is 0 Å². The summed E-state index contributed by atoms with van der Waals surface area (Å²) in [4.78, 5) is 11.8. The number of ether oxygens (including phenoxy) is 6. The molecule has 13 heteroatoms. The molecule has 10 unspecified atom stereocenters. The number of aliphatic hydroxyl groups excluding tert-OH is 6. The molecule has 2 saturated heterocycles. The van der Waals surface area contributed by atoms with Crippen LogP contribution in [0.25, 0.3) is 0 Å². The van der Waals surface area contributed by atoms with Crippen LogP contribution in [-0.2, 0) is 18.9 Å². The van der Waals surface area contributed by atoms with Crippen molar-refractivity contribution >= 4 is 5.97 Å². The van der Waals surface area contributed by atoms with Gasteiger partial charge in [0.2, 0.25) is 6.29 Å². The number of methoxy groups -OCH3 is 2. The Bertz CT molecular complexity index is 835. The van der Waals surface area contributed by atoms with Gasteiger partial charge in [-0.1, -0.05) is 0 Å². The van der Waals surface area contributed by atoms with Gasteiger partial charge in [0.1, 0.15) is 36.6 Å². The van der Waals surface area contributed by atoms with Gasteiger partial charge in [-0.3, -0.25) is 0 Å². The van der Waals surface area contributed by atoms with E-state index in [1.807, 2.05) is 0 Å².